The van der Waals surface area contributed by atoms with Gasteiger partial charge in [-0.2, -0.15) is 0 Å². The van der Waals surface area contributed by atoms with E-state index in [2.05, 4.69) is 4.85 Å². The average Bonchev–Trinajstić information content (AvgIpc) is 3.18. The van der Waals surface area contributed by atoms with Crippen LogP contribution in [0.3, 0.4) is 0 Å². The minimum Gasteiger partial charge on any atom is -0.454 e. The molecule has 1 atom stereocenters. The van der Waals surface area contributed by atoms with Gasteiger partial charge in [0.05, 0.1) is 23.6 Å². The van der Waals surface area contributed by atoms with Crippen LogP contribution in [0.4, 0.5) is 31.5 Å². The van der Waals surface area contributed by atoms with Crippen LogP contribution in [0.25, 0.3) is 26.8 Å². The van der Waals surface area contributed by atoms with Crippen molar-refractivity contribution in [2.45, 2.75) is 20.0 Å². The SMILES string of the molecule is [C-]#[N+]c1c(F)cc2c(c1F)N(C)[C@H](C)N2c1c(C)ccc2c1oc1ccccc12. The van der Waals surface area contributed by atoms with Crippen molar-refractivity contribution in [1.82, 2.24) is 0 Å². The molecule has 1 aliphatic heterocycles. The van der Waals surface area contributed by atoms with Crippen LogP contribution in [0.5, 0.6) is 0 Å². The van der Waals surface area contributed by atoms with Crippen LogP contribution >= 0.6 is 0 Å². The van der Waals surface area contributed by atoms with Crippen LogP contribution < -0.4 is 9.80 Å². The zero-order valence-corrected chi connectivity index (χ0v) is 16.1. The molecule has 0 saturated carbocycles. The summed E-state index contributed by atoms with van der Waals surface area (Å²) < 4.78 is 35.7. The molecule has 0 spiro atoms. The lowest BCUT2D eigenvalue weighted by Crippen LogP contribution is -2.36. The molecule has 0 amide bonds. The molecule has 29 heavy (non-hydrogen) atoms. The van der Waals surface area contributed by atoms with Crippen LogP contribution in [0.15, 0.2) is 46.9 Å². The number of nitrogens with zero attached hydrogens (tertiary/aromatic N) is 3. The number of halogens is 2. The minimum atomic E-state index is -0.863. The predicted octanol–water partition coefficient (Wildman–Crippen LogP) is 6.66. The van der Waals surface area contributed by atoms with Crippen LogP contribution in [-0.4, -0.2) is 13.2 Å². The topological polar surface area (TPSA) is 24.0 Å². The fourth-order valence-electron chi connectivity index (χ4n) is 4.25. The monoisotopic (exact) mass is 389 g/mol. The Balaban J connectivity index is 1.85. The first-order valence-electron chi connectivity index (χ1n) is 9.26. The molecule has 144 valence electrons. The highest BCUT2D eigenvalue weighted by Crippen LogP contribution is 2.51. The molecule has 0 N–H and O–H groups in total. The molecule has 1 aromatic heterocycles. The van der Waals surface area contributed by atoms with Crippen LogP contribution in [-0.2, 0) is 0 Å². The van der Waals surface area contributed by atoms with Crippen molar-refractivity contribution in [1.29, 1.82) is 0 Å². The fraction of sp³-hybridized carbons (Fsp3) is 0.174. The van der Waals surface area contributed by atoms with Crippen LogP contribution in [0, 0.1) is 25.1 Å². The molecular weight excluding hydrogens is 372 g/mol. The molecule has 0 bridgehead atoms. The van der Waals surface area contributed by atoms with Crippen molar-refractivity contribution in [2.75, 3.05) is 16.8 Å². The molecule has 0 unspecified atom stereocenters. The van der Waals surface area contributed by atoms with Crippen molar-refractivity contribution in [3.8, 4) is 0 Å². The summed E-state index contributed by atoms with van der Waals surface area (Å²) in [5.41, 5.74) is 3.16. The largest absolute Gasteiger partial charge is 0.454 e. The predicted molar refractivity (Wildman–Crippen MR) is 111 cm³/mol. The van der Waals surface area contributed by atoms with Crippen molar-refractivity contribution in [2.24, 2.45) is 0 Å². The van der Waals surface area contributed by atoms with Gasteiger partial charge in [0, 0.05) is 17.8 Å². The molecule has 6 heteroatoms. The van der Waals surface area contributed by atoms with E-state index in [-0.39, 0.29) is 11.9 Å². The Labute approximate surface area is 166 Å². The van der Waals surface area contributed by atoms with Crippen molar-refractivity contribution < 1.29 is 13.2 Å². The zero-order chi connectivity index (χ0) is 20.4. The minimum absolute atomic E-state index is 0.220. The molecule has 3 aromatic carbocycles. The van der Waals surface area contributed by atoms with Gasteiger partial charge >= 0.3 is 0 Å². The molecular formula is C23H17F2N3O. The lowest BCUT2D eigenvalue weighted by atomic mass is 10.1. The first-order chi connectivity index (χ1) is 13.9. The van der Waals surface area contributed by atoms with Gasteiger partial charge in [-0.15, -0.1) is 0 Å². The van der Waals surface area contributed by atoms with E-state index in [0.717, 1.165) is 27.6 Å². The molecule has 0 aliphatic carbocycles. The first kappa shape index (κ1) is 17.5. The lowest BCUT2D eigenvalue weighted by molar-refractivity contribution is 0.594. The van der Waals surface area contributed by atoms with E-state index in [0.29, 0.717) is 11.3 Å². The smallest absolute Gasteiger partial charge is 0.259 e. The Morgan fingerprint density at radius 2 is 1.83 bits per heavy atom. The number of fused-ring (bicyclic) bond motifs is 4. The maximum atomic E-state index is 15.0. The highest BCUT2D eigenvalue weighted by Gasteiger charge is 2.38. The second kappa shape index (κ2) is 5.95. The van der Waals surface area contributed by atoms with Crippen molar-refractivity contribution >= 4 is 44.7 Å². The summed E-state index contributed by atoms with van der Waals surface area (Å²) in [6, 6.07) is 13.0. The van der Waals surface area contributed by atoms with Gasteiger partial charge in [-0.3, -0.25) is 0 Å². The molecule has 0 fully saturated rings. The second-order valence-electron chi connectivity index (χ2n) is 7.32. The normalized spacial score (nSPS) is 15.9. The Morgan fingerprint density at radius 1 is 1.07 bits per heavy atom. The number of rotatable bonds is 1. The van der Waals surface area contributed by atoms with Gasteiger partial charge in [0.25, 0.3) is 5.69 Å². The number of hydrogen-bond donors (Lipinski definition) is 0. The lowest BCUT2D eigenvalue weighted by Gasteiger charge is -2.29. The van der Waals surface area contributed by atoms with E-state index in [1.165, 1.54) is 6.07 Å². The Bertz CT molecular complexity index is 1350. The summed E-state index contributed by atoms with van der Waals surface area (Å²) in [4.78, 5) is 6.64. The quantitative estimate of drug-likeness (QED) is 0.340. The highest BCUT2D eigenvalue weighted by molar-refractivity contribution is 6.10. The Kier molecular flexibility index (Phi) is 3.59. The second-order valence-corrected chi connectivity index (χ2v) is 7.32. The number of para-hydroxylation sites is 1. The number of anilines is 3. The molecule has 4 aromatic rings. The van der Waals surface area contributed by atoms with E-state index in [4.69, 9.17) is 11.0 Å². The molecule has 4 nitrogen and oxygen atoms in total. The fourth-order valence-corrected chi connectivity index (χ4v) is 4.25. The van der Waals surface area contributed by atoms with Gasteiger partial charge in [-0.05, 0) is 31.5 Å². The average molecular weight is 389 g/mol. The number of hydrogen-bond acceptors (Lipinski definition) is 3. The molecule has 2 heterocycles. The van der Waals surface area contributed by atoms with Gasteiger partial charge in [0.15, 0.2) is 11.4 Å². The molecule has 0 radical (unpaired) electrons. The first-order valence-corrected chi connectivity index (χ1v) is 9.26. The number of furan rings is 1. The number of benzene rings is 3. The van der Waals surface area contributed by atoms with E-state index in [1.807, 2.05) is 55.1 Å². The maximum absolute atomic E-state index is 15.0. The van der Waals surface area contributed by atoms with Gasteiger partial charge in [0.2, 0.25) is 0 Å². The van der Waals surface area contributed by atoms with Crippen LogP contribution in [0.2, 0.25) is 0 Å². The van der Waals surface area contributed by atoms with Gasteiger partial charge in [0.1, 0.15) is 17.6 Å². The van der Waals surface area contributed by atoms with Crippen molar-refractivity contribution in [3.05, 3.63) is 71.1 Å². The standard InChI is InChI=1S/C23H17F2N3O/c1-12-9-10-15-14-7-5-6-8-18(14)29-23(15)21(12)28-13(2)27(4)22-17(28)11-16(24)20(26-3)19(22)25/h5-11,13H,1-2,4H3/t13-/m0/s1. The summed E-state index contributed by atoms with van der Waals surface area (Å²) in [5, 5.41) is 1.94. The maximum Gasteiger partial charge on any atom is 0.259 e. The van der Waals surface area contributed by atoms with Crippen LogP contribution in [0.1, 0.15) is 12.5 Å². The molecule has 1 aliphatic rings. The summed E-state index contributed by atoms with van der Waals surface area (Å²) in [7, 11) is 1.74. The van der Waals surface area contributed by atoms with Crippen molar-refractivity contribution in [3.63, 3.8) is 0 Å². The molecule has 5 rings (SSSR count). The zero-order valence-electron chi connectivity index (χ0n) is 16.1. The van der Waals surface area contributed by atoms with Gasteiger partial charge in [-0.1, -0.05) is 30.3 Å². The third-order valence-corrected chi connectivity index (χ3v) is 5.77. The third kappa shape index (κ3) is 2.21. The summed E-state index contributed by atoms with van der Waals surface area (Å²) in [6.45, 7) is 11.0. The van der Waals surface area contributed by atoms with Gasteiger partial charge < -0.3 is 14.2 Å². The Hall–Kier alpha value is -3.59. The summed E-state index contributed by atoms with van der Waals surface area (Å²) >= 11 is 0. The summed E-state index contributed by atoms with van der Waals surface area (Å²) in [6.07, 6.45) is -0.294. The third-order valence-electron chi connectivity index (χ3n) is 5.77. The van der Waals surface area contributed by atoms with Gasteiger partial charge in [-0.25, -0.2) is 13.6 Å². The Morgan fingerprint density at radius 3 is 2.59 bits per heavy atom. The van der Waals surface area contributed by atoms with E-state index >= 15 is 0 Å². The van der Waals surface area contributed by atoms with E-state index in [9.17, 15) is 8.78 Å². The molecule has 0 saturated heterocycles. The van der Waals surface area contributed by atoms with E-state index in [1.54, 1.807) is 11.9 Å². The number of aryl methyl sites for hydroxylation is 1. The summed E-state index contributed by atoms with van der Waals surface area (Å²) in [5.74, 6) is -1.69. The highest BCUT2D eigenvalue weighted by atomic mass is 19.1. The van der Waals surface area contributed by atoms with E-state index < -0.39 is 17.3 Å².